The highest BCUT2D eigenvalue weighted by Gasteiger charge is 2.16. The normalized spacial score (nSPS) is 11.2. The molecule has 0 saturated heterocycles. The minimum absolute atomic E-state index is 0.153. The molecule has 0 spiro atoms. The molecule has 0 amide bonds. The van der Waals surface area contributed by atoms with Gasteiger partial charge in [0.05, 0.1) is 11.4 Å². The number of carbonyl (C=O) groups excluding carboxylic acids is 1. The highest BCUT2D eigenvalue weighted by Crippen LogP contribution is 2.34. The van der Waals surface area contributed by atoms with Crippen LogP contribution in [-0.4, -0.2) is 35.9 Å². The number of aryl methyl sites for hydroxylation is 1. The fraction of sp³-hybridized carbons (Fsp3) is 0.207. The van der Waals surface area contributed by atoms with Crippen molar-refractivity contribution in [3.8, 4) is 28.2 Å². The standard InChI is InChI=1S/C29H28ClFN2O/c1-20-19-25(31)14-15-26(20)33-27(16-17-28(33)22-10-12-24(30)13-11-22)21-6-8-23(9-7-21)29(34)5-4-18-32(2)3/h6-17,19H,4-5,18H2,1-3H3. The van der Waals surface area contributed by atoms with Crippen molar-refractivity contribution in [2.45, 2.75) is 19.8 Å². The molecule has 1 heterocycles. The van der Waals surface area contributed by atoms with Crippen molar-refractivity contribution in [3.63, 3.8) is 0 Å². The van der Waals surface area contributed by atoms with Crippen LogP contribution in [0.25, 0.3) is 28.2 Å². The third kappa shape index (κ3) is 5.30. The van der Waals surface area contributed by atoms with Gasteiger partial charge in [0.1, 0.15) is 5.82 Å². The van der Waals surface area contributed by atoms with E-state index in [1.807, 2.05) is 69.6 Å². The van der Waals surface area contributed by atoms with Gasteiger partial charge >= 0.3 is 0 Å². The van der Waals surface area contributed by atoms with Crippen LogP contribution in [0.5, 0.6) is 0 Å². The van der Waals surface area contributed by atoms with E-state index in [1.165, 1.54) is 6.07 Å². The summed E-state index contributed by atoms with van der Waals surface area (Å²) in [4.78, 5) is 14.7. The molecule has 4 rings (SSSR count). The Morgan fingerprint density at radius 1 is 0.882 bits per heavy atom. The summed E-state index contributed by atoms with van der Waals surface area (Å²) < 4.78 is 16.0. The predicted molar refractivity (Wildman–Crippen MR) is 138 cm³/mol. The summed E-state index contributed by atoms with van der Waals surface area (Å²) in [6.07, 6.45) is 1.37. The maximum Gasteiger partial charge on any atom is 0.162 e. The van der Waals surface area contributed by atoms with Gasteiger partial charge in [0.2, 0.25) is 0 Å². The van der Waals surface area contributed by atoms with Crippen LogP contribution >= 0.6 is 11.6 Å². The Labute approximate surface area is 205 Å². The number of halogens is 2. The second-order valence-corrected chi connectivity index (χ2v) is 9.22. The van der Waals surface area contributed by atoms with Gasteiger partial charge in [-0.1, -0.05) is 48.0 Å². The zero-order valence-corrected chi connectivity index (χ0v) is 20.4. The first kappa shape index (κ1) is 23.9. The Morgan fingerprint density at radius 3 is 2.03 bits per heavy atom. The summed E-state index contributed by atoms with van der Waals surface area (Å²) in [5.74, 6) is -0.111. The predicted octanol–water partition coefficient (Wildman–Crippen LogP) is 7.44. The average Bonchev–Trinajstić information content (AvgIpc) is 3.24. The van der Waals surface area contributed by atoms with Gasteiger partial charge in [-0.15, -0.1) is 0 Å². The SMILES string of the molecule is Cc1cc(F)ccc1-n1c(-c2ccc(Cl)cc2)ccc1-c1ccc(C(=O)CCCN(C)C)cc1. The van der Waals surface area contributed by atoms with Crippen LogP contribution in [0.1, 0.15) is 28.8 Å². The van der Waals surface area contributed by atoms with E-state index in [-0.39, 0.29) is 11.6 Å². The van der Waals surface area contributed by atoms with Crippen LogP contribution in [-0.2, 0) is 0 Å². The Balaban J connectivity index is 1.73. The first-order chi connectivity index (χ1) is 16.3. The lowest BCUT2D eigenvalue weighted by molar-refractivity contribution is 0.0977. The molecule has 0 aliphatic rings. The lowest BCUT2D eigenvalue weighted by Gasteiger charge is -2.17. The van der Waals surface area contributed by atoms with Gasteiger partial charge < -0.3 is 9.47 Å². The number of carbonyl (C=O) groups is 1. The quantitative estimate of drug-likeness (QED) is 0.248. The Morgan fingerprint density at radius 2 is 1.47 bits per heavy atom. The Hall–Kier alpha value is -3.21. The van der Waals surface area contributed by atoms with Gasteiger partial charge in [-0.05, 0) is 93.1 Å². The molecule has 0 fully saturated rings. The van der Waals surface area contributed by atoms with Crippen LogP contribution in [0.3, 0.4) is 0 Å². The molecule has 0 atom stereocenters. The van der Waals surface area contributed by atoms with E-state index >= 15 is 0 Å². The molecule has 3 aromatic carbocycles. The number of hydrogen-bond acceptors (Lipinski definition) is 2. The van der Waals surface area contributed by atoms with Gasteiger partial charge in [-0.25, -0.2) is 4.39 Å². The monoisotopic (exact) mass is 474 g/mol. The molecule has 34 heavy (non-hydrogen) atoms. The second kappa shape index (κ2) is 10.4. The molecule has 0 N–H and O–H groups in total. The molecule has 0 aliphatic heterocycles. The van der Waals surface area contributed by atoms with E-state index in [2.05, 4.69) is 21.6 Å². The molecular weight excluding hydrogens is 447 g/mol. The number of nitrogens with zero attached hydrogens (tertiary/aromatic N) is 2. The van der Waals surface area contributed by atoms with E-state index in [0.29, 0.717) is 11.4 Å². The molecule has 0 aliphatic carbocycles. The molecule has 0 radical (unpaired) electrons. The number of benzene rings is 3. The smallest absolute Gasteiger partial charge is 0.162 e. The summed E-state index contributed by atoms with van der Waals surface area (Å²) in [7, 11) is 4.02. The van der Waals surface area contributed by atoms with E-state index in [1.54, 1.807) is 12.1 Å². The zero-order valence-electron chi connectivity index (χ0n) is 19.7. The Bertz CT molecular complexity index is 1290. The molecule has 1 aromatic heterocycles. The maximum absolute atomic E-state index is 13.9. The average molecular weight is 475 g/mol. The maximum atomic E-state index is 13.9. The lowest BCUT2D eigenvalue weighted by Crippen LogP contribution is -2.14. The minimum Gasteiger partial charge on any atom is -0.309 e. The number of aromatic nitrogens is 1. The highest BCUT2D eigenvalue weighted by atomic mass is 35.5. The molecule has 4 aromatic rings. The second-order valence-electron chi connectivity index (χ2n) is 8.78. The number of rotatable bonds is 8. The third-order valence-electron chi connectivity index (χ3n) is 5.93. The van der Waals surface area contributed by atoms with Crippen molar-refractivity contribution in [1.29, 1.82) is 0 Å². The van der Waals surface area contributed by atoms with Crippen molar-refractivity contribution in [1.82, 2.24) is 9.47 Å². The largest absolute Gasteiger partial charge is 0.309 e. The fourth-order valence-electron chi connectivity index (χ4n) is 4.16. The molecule has 0 saturated carbocycles. The molecule has 5 heteroatoms. The molecule has 0 unspecified atom stereocenters. The van der Waals surface area contributed by atoms with E-state index < -0.39 is 0 Å². The van der Waals surface area contributed by atoms with Gasteiger partial charge in [-0.2, -0.15) is 0 Å². The highest BCUT2D eigenvalue weighted by molar-refractivity contribution is 6.30. The summed E-state index contributed by atoms with van der Waals surface area (Å²) >= 11 is 6.11. The number of Topliss-reactive ketones (excluding diaryl/α,β-unsaturated/α-hetero) is 1. The Kier molecular flexibility index (Phi) is 7.30. The summed E-state index contributed by atoms with van der Waals surface area (Å²) in [6.45, 7) is 2.80. The van der Waals surface area contributed by atoms with Crippen molar-refractivity contribution >= 4 is 17.4 Å². The van der Waals surface area contributed by atoms with Crippen LogP contribution in [0.2, 0.25) is 5.02 Å². The van der Waals surface area contributed by atoms with E-state index in [4.69, 9.17) is 11.6 Å². The summed E-state index contributed by atoms with van der Waals surface area (Å²) in [6, 6.07) is 24.4. The molecule has 174 valence electrons. The number of hydrogen-bond donors (Lipinski definition) is 0. The van der Waals surface area contributed by atoms with Crippen molar-refractivity contribution in [2.24, 2.45) is 0 Å². The first-order valence-corrected chi connectivity index (χ1v) is 11.7. The minimum atomic E-state index is -0.264. The van der Waals surface area contributed by atoms with Crippen molar-refractivity contribution in [3.05, 3.63) is 101 Å². The fourth-order valence-corrected chi connectivity index (χ4v) is 4.29. The van der Waals surface area contributed by atoms with Crippen LogP contribution in [0.15, 0.2) is 78.9 Å². The molecule has 0 bridgehead atoms. The third-order valence-corrected chi connectivity index (χ3v) is 6.18. The topological polar surface area (TPSA) is 25.2 Å². The van der Waals surface area contributed by atoms with E-state index in [0.717, 1.165) is 52.3 Å². The summed E-state index contributed by atoms with van der Waals surface area (Å²) in [5, 5.41) is 0.672. The zero-order chi connectivity index (χ0) is 24.2. The van der Waals surface area contributed by atoms with Crippen LogP contribution in [0, 0.1) is 12.7 Å². The van der Waals surface area contributed by atoms with Gasteiger partial charge in [0.15, 0.2) is 5.78 Å². The molecular formula is C29H28ClFN2O. The van der Waals surface area contributed by atoms with Crippen molar-refractivity contribution in [2.75, 3.05) is 20.6 Å². The van der Waals surface area contributed by atoms with E-state index in [9.17, 15) is 9.18 Å². The lowest BCUT2D eigenvalue weighted by atomic mass is 10.0. The van der Waals surface area contributed by atoms with Crippen LogP contribution < -0.4 is 0 Å². The van der Waals surface area contributed by atoms with Crippen LogP contribution in [0.4, 0.5) is 4.39 Å². The number of ketones is 1. The first-order valence-electron chi connectivity index (χ1n) is 11.4. The molecule has 3 nitrogen and oxygen atoms in total. The van der Waals surface area contributed by atoms with Crippen molar-refractivity contribution < 1.29 is 9.18 Å². The van der Waals surface area contributed by atoms with Gasteiger partial charge in [-0.3, -0.25) is 4.79 Å². The van der Waals surface area contributed by atoms with Gasteiger partial charge in [0.25, 0.3) is 0 Å². The summed E-state index contributed by atoms with van der Waals surface area (Å²) in [5.41, 5.74) is 6.38. The van der Waals surface area contributed by atoms with Gasteiger partial charge in [0, 0.05) is 22.7 Å².